The molecule has 0 aromatic carbocycles. The van der Waals surface area contributed by atoms with Crippen molar-refractivity contribution in [3.8, 4) is 10.6 Å². The largest absolute Gasteiger partial charge is 0.372 e. The van der Waals surface area contributed by atoms with Crippen LogP contribution in [0.5, 0.6) is 0 Å². The summed E-state index contributed by atoms with van der Waals surface area (Å²) < 4.78 is 5.77. The van der Waals surface area contributed by atoms with Gasteiger partial charge in [0.15, 0.2) is 0 Å². The zero-order valence-electron chi connectivity index (χ0n) is 16.8. The number of carbonyl (C=O) groups is 1. The highest BCUT2D eigenvalue weighted by Gasteiger charge is 2.23. The molecule has 0 radical (unpaired) electrons. The zero-order valence-corrected chi connectivity index (χ0v) is 17.6. The SMILES string of the molecule is Cc1nc(-c2cccs2)ccc1C(=O)Nc1ccc(N2CC(C)OC(C)C2)nc1. The van der Waals surface area contributed by atoms with Crippen molar-refractivity contribution < 1.29 is 9.53 Å². The number of hydrogen-bond donors (Lipinski definition) is 1. The maximum Gasteiger partial charge on any atom is 0.257 e. The Morgan fingerprint density at radius 1 is 1.17 bits per heavy atom. The number of thiophene rings is 1. The van der Waals surface area contributed by atoms with Crippen LogP contribution in [0.15, 0.2) is 48.0 Å². The number of aryl methyl sites for hydroxylation is 1. The van der Waals surface area contributed by atoms with E-state index in [1.54, 1.807) is 17.5 Å². The van der Waals surface area contributed by atoms with Gasteiger partial charge in [-0.05, 0) is 56.5 Å². The lowest BCUT2D eigenvalue weighted by atomic mass is 10.1. The Hall–Kier alpha value is -2.77. The molecule has 3 aromatic heterocycles. The quantitative estimate of drug-likeness (QED) is 0.694. The topological polar surface area (TPSA) is 67.4 Å². The molecule has 0 aliphatic carbocycles. The fourth-order valence-corrected chi connectivity index (χ4v) is 4.27. The Morgan fingerprint density at radius 3 is 2.59 bits per heavy atom. The predicted octanol–water partition coefficient (Wildman–Crippen LogP) is 4.38. The van der Waals surface area contributed by atoms with Crippen LogP contribution in [0.2, 0.25) is 0 Å². The molecule has 1 amide bonds. The second-order valence-corrected chi connectivity index (χ2v) is 8.28. The third kappa shape index (κ3) is 4.46. The normalized spacial score (nSPS) is 19.2. The highest BCUT2D eigenvalue weighted by Crippen LogP contribution is 2.24. The van der Waals surface area contributed by atoms with E-state index in [-0.39, 0.29) is 18.1 Å². The van der Waals surface area contributed by atoms with Crippen molar-refractivity contribution in [3.63, 3.8) is 0 Å². The highest BCUT2D eigenvalue weighted by molar-refractivity contribution is 7.13. The van der Waals surface area contributed by atoms with Crippen molar-refractivity contribution in [2.75, 3.05) is 23.3 Å². The van der Waals surface area contributed by atoms with Crippen molar-refractivity contribution in [3.05, 3.63) is 59.2 Å². The summed E-state index contributed by atoms with van der Waals surface area (Å²) in [5.74, 6) is 0.707. The summed E-state index contributed by atoms with van der Waals surface area (Å²) in [6, 6.07) is 11.5. The number of ether oxygens (including phenoxy) is 1. The van der Waals surface area contributed by atoms with E-state index in [4.69, 9.17) is 4.74 Å². The van der Waals surface area contributed by atoms with E-state index in [0.717, 1.165) is 29.5 Å². The molecular formula is C22H24N4O2S. The van der Waals surface area contributed by atoms with Crippen LogP contribution in [0.25, 0.3) is 10.6 Å². The van der Waals surface area contributed by atoms with Crippen LogP contribution in [0.3, 0.4) is 0 Å². The van der Waals surface area contributed by atoms with Gasteiger partial charge in [0.2, 0.25) is 0 Å². The minimum atomic E-state index is -0.184. The Balaban J connectivity index is 1.45. The fourth-order valence-electron chi connectivity index (χ4n) is 3.57. The summed E-state index contributed by atoms with van der Waals surface area (Å²) in [6.45, 7) is 7.61. The standard InChI is InChI=1S/C22H24N4O2S/c1-14-12-26(13-15(2)28-14)21-9-6-17(11-23-21)25-22(27)18-7-8-19(24-16(18)3)20-5-4-10-29-20/h4-11,14-15H,12-13H2,1-3H3,(H,25,27). The Bertz CT molecular complexity index is 979. The smallest absolute Gasteiger partial charge is 0.257 e. The molecule has 7 heteroatoms. The molecule has 1 saturated heterocycles. The third-order valence-corrected chi connectivity index (χ3v) is 5.75. The molecule has 0 spiro atoms. The maximum absolute atomic E-state index is 12.7. The monoisotopic (exact) mass is 408 g/mol. The first-order valence-corrected chi connectivity index (χ1v) is 10.6. The first-order valence-electron chi connectivity index (χ1n) is 9.69. The molecule has 2 atom stereocenters. The molecule has 1 N–H and O–H groups in total. The van der Waals surface area contributed by atoms with Gasteiger partial charge in [-0.1, -0.05) is 6.07 Å². The van der Waals surface area contributed by atoms with Gasteiger partial charge in [-0.25, -0.2) is 4.98 Å². The number of morpholine rings is 1. The summed E-state index contributed by atoms with van der Waals surface area (Å²) in [4.78, 5) is 25.1. The molecule has 0 saturated carbocycles. The second-order valence-electron chi connectivity index (χ2n) is 7.33. The lowest BCUT2D eigenvalue weighted by Crippen LogP contribution is -2.45. The van der Waals surface area contributed by atoms with Crippen molar-refractivity contribution >= 4 is 28.7 Å². The van der Waals surface area contributed by atoms with E-state index in [2.05, 4.69) is 34.0 Å². The molecule has 4 heterocycles. The lowest BCUT2D eigenvalue weighted by Gasteiger charge is -2.36. The number of amides is 1. The molecule has 0 bridgehead atoms. The summed E-state index contributed by atoms with van der Waals surface area (Å²) >= 11 is 1.63. The lowest BCUT2D eigenvalue weighted by molar-refractivity contribution is -0.00545. The van der Waals surface area contributed by atoms with Gasteiger partial charge in [-0.3, -0.25) is 9.78 Å². The number of nitrogens with zero attached hydrogens (tertiary/aromatic N) is 3. The van der Waals surface area contributed by atoms with Crippen LogP contribution in [-0.2, 0) is 4.74 Å². The van der Waals surface area contributed by atoms with E-state index >= 15 is 0 Å². The maximum atomic E-state index is 12.7. The minimum Gasteiger partial charge on any atom is -0.372 e. The fraction of sp³-hybridized carbons (Fsp3) is 0.318. The van der Waals surface area contributed by atoms with Crippen LogP contribution in [-0.4, -0.2) is 41.2 Å². The van der Waals surface area contributed by atoms with Crippen molar-refractivity contribution in [1.29, 1.82) is 0 Å². The Kier molecular flexibility index (Phi) is 5.60. The molecule has 3 aromatic rings. The van der Waals surface area contributed by atoms with Crippen LogP contribution in [0.4, 0.5) is 11.5 Å². The van der Waals surface area contributed by atoms with Crippen LogP contribution < -0.4 is 10.2 Å². The number of aromatic nitrogens is 2. The summed E-state index contributed by atoms with van der Waals surface area (Å²) in [7, 11) is 0. The van der Waals surface area contributed by atoms with E-state index in [1.807, 2.05) is 48.7 Å². The van der Waals surface area contributed by atoms with Crippen LogP contribution >= 0.6 is 11.3 Å². The first-order chi connectivity index (χ1) is 14.0. The van der Waals surface area contributed by atoms with Gasteiger partial charge in [0.05, 0.1) is 45.9 Å². The summed E-state index contributed by atoms with van der Waals surface area (Å²) in [5.41, 5.74) is 2.81. The van der Waals surface area contributed by atoms with Crippen LogP contribution in [0.1, 0.15) is 29.9 Å². The first kappa shape index (κ1) is 19.5. The number of anilines is 2. The van der Waals surface area contributed by atoms with Gasteiger partial charge in [0.1, 0.15) is 5.82 Å². The van der Waals surface area contributed by atoms with Crippen molar-refractivity contribution in [1.82, 2.24) is 9.97 Å². The van der Waals surface area contributed by atoms with E-state index in [1.165, 1.54) is 0 Å². The number of pyridine rings is 2. The van der Waals surface area contributed by atoms with Crippen LogP contribution in [0, 0.1) is 6.92 Å². The number of nitrogens with one attached hydrogen (secondary N) is 1. The molecule has 2 unspecified atom stereocenters. The van der Waals surface area contributed by atoms with Crippen molar-refractivity contribution in [2.45, 2.75) is 33.0 Å². The highest BCUT2D eigenvalue weighted by atomic mass is 32.1. The molecule has 1 fully saturated rings. The Labute approximate surface area is 174 Å². The van der Waals surface area contributed by atoms with E-state index in [9.17, 15) is 4.79 Å². The van der Waals surface area contributed by atoms with Crippen molar-refractivity contribution in [2.24, 2.45) is 0 Å². The predicted molar refractivity (Wildman–Crippen MR) is 117 cm³/mol. The average molecular weight is 409 g/mol. The third-order valence-electron chi connectivity index (χ3n) is 4.85. The minimum absolute atomic E-state index is 0.174. The van der Waals surface area contributed by atoms with Gasteiger partial charge in [0, 0.05) is 13.1 Å². The summed E-state index contributed by atoms with van der Waals surface area (Å²) in [6.07, 6.45) is 2.04. The average Bonchev–Trinajstić information content (AvgIpc) is 3.22. The zero-order chi connectivity index (χ0) is 20.4. The van der Waals surface area contributed by atoms with Gasteiger partial charge < -0.3 is 15.0 Å². The van der Waals surface area contributed by atoms with Gasteiger partial charge >= 0.3 is 0 Å². The number of hydrogen-bond acceptors (Lipinski definition) is 6. The molecule has 1 aliphatic rings. The van der Waals surface area contributed by atoms with Gasteiger partial charge in [0.25, 0.3) is 5.91 Å². The molecule has 4 rings (SSSR count). The van der Waals surface area contributed by atoms with Gasteiger partial charge in [-0.2, -0.15) is 0 Å². The molecule has 150 valence electrons. The molecule has 6 nitrogen and oxygen atoms in total. The second kappa shape index (κ2) is 8.31. The number of rotatable bonds is 4. The molecular weight excluding hydrogens is 384 g/mol. The molecule has 29 heavy (non-hydrogen) atoms. The van der Waals surface area contributed by atoms with Gasteiger partial charge in [-0.15, -0.1) is 11.3 Å². The Morgan fingerprint density at radius 2 is 1.97 bits per heavy atom. The van der Waals surface area contributed by atoms with E-state index < -0.39 is 0 Å². The number of carbonyl (C=O) groups excluding carboxylic acids is 1. The molecule has 1 aliphatic heterocycles. The van der Waals surface area contributed by atoms with E-state index in [0.29, 0.717) is 16.9 Å². The summed E-state index contributed by atoms with van der Waals surface area (Å²) in [5, 5.41) is 4.93.